The van der Waals surface area contributed by atoms with E-state index in [-0.39, 0.29) is 12.0 Å². The summed E-state index contributed by atoms with van der Waals surface area (Å²) in [6, 6.07) is 7.94. The van der Waals surface area contributed by atoms with Crippen LogP contribution in [0.15, 0.2) is 30.3 Å². The number of rotatable bonds is 5. The van der Waals surface area contributed by atoms with Crippen molar-refractivity contribution in [1.29, 1.82) is 0 Å². The molecule has 3 aliphatic heterocycles. The predicted octanol–water partition coefficient (Wildman–Crippen LogP) is 1.01. The fourth-order valence-electron chi connectivity index (χ4n) is 2.45. The van der Waals surface area contributed by atoms with E-state index in [9.17, 15) is 9.90 Å². The highest BCUT2D eigenvalue weighted by Gasteiger charge is 2.55. The zero-order valence-corrected chi connectivity index (χ0v) is 12.9. The first-order chi connectivity index (χ1) is 11.4. The lowest BCUT2D eigenvalue weighted by Crippen LogP contribution is -2.68. The van der Waals surface area contributed by atoms with Crippen LogP contribution in [-0.2, 0) is 25.6 Å². The number of amides is 1. The van der Waals surface area contributed by atoms with Crippen LogP contribution in [-0.4, -0.2) is 49.6 Å². The Kier molecular flexibility index (Phi) is 4.17. The zero-order valence-electron chi connectivity index (χ0n) is 13.9. The van der Waals surface area contributed by atoms with Crippen molar-refractivity contribution in [2.24, 2.45) is 5.41 Å². The molecule has 3 heterocycles. The van der Waals surface area contributed by atoms with E-state index >= 15 is 0 Å². The highest BCUT2D eigenvalue weighted by atomic mass is 16.9. The average Bonchev–Trinajstić information content (AvgIpc) is 2.59. The van der Waals surface area contributed by atoms with Crippen LogP contribution in [0.3, 0.4) is 0 Å². The van der Waals surface area contributed by atoms with Gasteiger partial charge in [0.1, 0.15) is 12.6 Å². The Morgan fingerprint density at radius 1 is 1.35 bits per heavy atom. The molecular weight excluding hydrogens is 302 g/mol. The minimum absolute atomic E-state index is 0.0706. The Balaban J connectivity index is 1.61. The Labute approximate surface area is 135 Å². The molecule has 0 aromatic heterocycles. The van der Waals surface area contributed by atoms with Crippen molar-refractivity contribution in [3.8, 4) is 0 Å². The van der Waals surface area contributed by atoms with E-state index in [0.717, 1.165) is 5.56 Å². The number of aliphatic hydroxyl groups excluding tert-OH is 1. The van der Waals surface area contributed by atoms with Crippen molar-refractivity contribution in [1.82, 2.24) is 5.32 Å². The number of fused-ring (bicyclic) bond motifs is 3. The third-order valence-electron chi connectivity index (χ3n) is 3.88. The molecule has 1 unspecified atom stereocenters. The molecule has 2 atom stereocenters. The Hall–Kier alpha value is -1.67. The number of aliphatic hydroxyl groups is 1. The van der Waals surface area contributed by atoms with Crippen LogP contribution in [0, 0.1) is 5.41 Å². The molecule has 0 spiro atoms. The number of carbonyl (C=O) groups excluding carboxylic acids is 1. The molecule has 7 nitrogen and oxygen atoms in total. The molecule has 1 amide bonds. The fraction of sp³-hybridized carbons (Fsp3) is 0.562. The molecule has 0 aliphatic carbocycles. The van der Waals surface area contributed by atoms with Crippen LogP contribution in [0.5, 0.6) is 0 Å². The van der Waals surface area contributed by atoms with E-state index in [0.29, 0.717) is 19.8 Å². The van der Waals surface area contributed by atoms with E-state index < -0.39 is 24.7 Å². The zero-order chi connectivity index (χ0) is 17.2. The summed E-state index contributed by atoms with van der Waals surface area (Å²) < 4.78 is 29.4. The van der Waals surface area contributed by atoms with Gasteiger partial charge in [0, 0.05) is 5.41 Å². The van der Waals surface area contributed by atoms with Crippen molar-refractivity contribution in [3.05, 3.63) is 35.9 Å². The molecule has 4 rings (SSSR count). The standard InChI is InChI=1S/C16H21NO6/c1-15-9-21-16(22-10-15,23-11-15)13(7-18)17-14(19)20-8-12-5-3-2-4-6-12/h2-6,13,18H,7-11H2,1H3,(H,17,19)/t13-,15?,16?/m0/s1/i7D/t7?,13-,15?,16?. The fourth-order valence-corrected chi connectivity index (χ4v) is 2.45. The summed E-state index contributed by atoms with van der Waals surface area (Å²) in [6.45, 7) is 1.40. The van der Waals surface area contributed by atoms with E-state index in [4.69, 9.17) is 20.3 Å². The highest BCUT2D eigenvalue weighted by molar-refractivity contribution is 5.67. The normalized spacial score (nSPS) is 32.7. The van der Waals surface area contributed by atoms with E-state index in [2.05, 4.69) is 5.32 Å². The largest absolute Gasteiger partial charge is 0.445 e. The molecule has 3 saturated heterocycles. The molecule has 23 heavy (non-hydrogen) atoms. The second-order valence-electron chi connectivity index (χ2n) is 6.11. The summed E-state index contributed by atoms with van der Waals surface area (Å²) in [6.07, 6.45) is -0.792. The Bertz CT molecular complexity index is 557. The Morgan fingerprint density at radius 3 is 2.52 bits per heavy atom. The van der Waals surface area contributed by atoms with Crippen molar-refractivity contribution in [3.63, 3.8) is 0 Å². The maximum absolute atomic E-state index is 12.0. The van der Waals surface area contributed by atoms with Crippen LogP contribution in [0.1, 0.15) is 13.9 Å². The average molecular weight is 324 g/mol. The summed E-state index contributed by atoms with van der Waals surface area (Å²) in [5.41, 5.74) is 0.566. The summed E-state index contributed by atoms with van der Waals surface area (Å²) in [7, 11) is 0. The maximum atomic E-state index is 12.0. The molecule has 2 bridgehead atoms. The summed E-state index contributed by atoms with van der Waals surface area (Å²) in [5, 5.41) is 12.1. The molecule has 0 radical (unpaired) electrons. The first-order valence-corrected chi connectivity index (χ1v) is 7.42. The van der Waals surface area contributed by atoms with Crippen molar-refractivity contribution >= 4 is 6.09 Å². The number of benzene rings is 1. The van der Waals surface area contributed by atoms with Crippen LogP contribution in [0.4, 0.5) is 4.79 Å². The first-order valence-electron chi connectivity index (χ1n) is 8.00. The number of alkyl carbamates (subject to hydrolysis) is 1. The van der Waals surface area contributed by atoms with Crippen molar-refractivity contribution in [2.75, 3.05) is 26.4 Å². The van der Waals surface area contributed by atoms with E-state index in [1.807, 2.05) is 37.3 Å². The molecule has 3 fully saturated rings. The van der Waals surface area contributed by atoms with Gasteiger partial charge >= 0.3 is 12.1 Å². The van der Waals surface area contributed by atoms with Gasteiger partial charge in [0.05, 0.1) is 27.8 Å². The van der Waals surface area contributed by atoms with Crippen molar-refractivity contribution in [2.45, 2.75) is 25.5 Å². The molecule has 1 aromatic carbocycles. The lowest BCUT2D eigenvalue weighted by atomic mass is 9.91. The smallest absolute Gasteiger partial charge is 0.408 e. The van der Waals surface area contributed by atoms with E-state index in [1.54, 1.807) is 0 Å². The molecule has 2 N–H and O–H groups in total. The molecule has 1 aromatic rings. The molecule has 126 valence electrons. The van der Waals surface area contributed by atoms with Crippen LogP contribution in [0.2, 0.25) is 0 Å². The second kappa shape index (κ2) is 6.45. The minimum atomic E-state index is -1.70. The number of carbonyl (C=O) groups is 1. The molecule has 3 aliphatic rings. The van der Waals surface area contributed by atoms with Gasteiger partial charge in [-0.3, -0.25) is 0 Å². The van der Waals surface area contributed by atoms with Gasteiger partial charge in [0.15, 0.2) is 0 Å². The van der Waals surface area contributed by atoms with E-state index in [1.165, 1.54) is 0 Å². The Morgan fingerprint density at radius 2 is 1.96 bits per heavy atom. The summed E-state index contributed by atoms with van der Waals surface area (Å²) in [4.78, 5) is 12.0. The number of hydrogen-bond donors (Lipinski definition) is 2. The predicted molar refractivity (Wildman–Crippen MR) is 79.3 cm³/mol. The maximum Gasteiger partial charge on any atom is 0.408 e. The van der Waals surface area contributed by atoms with Gasteiger partial charge in [0.25, 0.3) is 0 Å². The third kappa shape index (κ3) is 3.48. The number of ether oxygens (including phenoxy) is 4. The van der Waals surface area contributed by atoms with Gasteiger partial charge in [-0.15, -0.1) is 0 Å². The first kappa shape index (κ1) is 14.9. The molecule has 0 saturated carbocycles. The molecule has 7 heteroatoms. The second-order valence-corrected chi connectivity index (χ2v) is 6.11. The quantitative estimate of drug-likeness (QED) is 0.841. The molecular formula is C16H21NO6. The minimum Gasteiger partial charge on any atom is -0.445 e. The number of hydrogen-bond acceptors (Lipinski definition) is 6. The van der Waals surface area contributed by atoms with Crippen LogP contribution >= 0.6 is 0 Å². The van der Waals surface area contributed by atoms with Gasteiger partial charge in [-0.1, -0.05) is 37.3 Å². The van der Waals surface area contributed by atoms with Gasteiger partial charge in [-0.2, -0.15) is 0 Å². The SMILES string of the molecule is [2H]C(O)[C@H](NC(=O)OCc1ccccc1)C12OCC(C)(CO1)CO2. The summed E-state index contributed by atoms with van der Waals surface area (Å²) >= 11 is 0. The topological polar surface area (TPSA) is 86.3 Å². The lowest BCUT2D eigenvalue weighted by Gasteiger charge is -2.52. The highest BCUT2D eigenvalue weighted by Crippen LogP contribution is 2.39. The van der Waals surface area contributed by atoms with Gasteiger partial charge < -0.3 is 29.4 Å². The van der Waals surface area contributed by atoms with Crippen LogP contribution in [0.25, 0.3) is 0 Å². The van der Waals surface area contributed by atoms with Crippen molar-refractivity contribution < 1.29 is 30.2 Å². The van der Waals surface area contributed by atoms with Gasteiger partial charge in [0.2, 0.25) is 0 Å². The van der Waals surface area contributed by atoms with Crippen LogP contribution < -0.4 is 5.32 Å². The lowest BCUT2D eigenvalue weighted by molar-refractivity contribution is -0.474. The third-order valence-corrected chi connectivity index (χ3v) is 3.88. The number of nitrogens with one attached hydrogen (secondary N) is 1. The van der Waals surface area contributed by atoms with Gasteiger partial charge in [-0.25, -0.2) is 4.79 Å². The summed E-state index contributed by atoms with van der Waals surface area (Å²) in [5.74, 6) is -1.66. The van der Waals surface area contributed by atoms with Gasteiger partial charge in [-0.05, 0) is 5.56 Å². The monoisotopic (exact) mass is 324 g/mol.